The summed E-state index contributed by atoms with van der Waals surface area (Å²) in [6, 6.07) is 6.18. The van der Waals surface area contributed by atoms with Crippen LogP contribution in [0.25, 0.3) is 0 Å². The molecule has 0 saturated carbocycles. The number of carboxylic acid groups (broad SMARTS) is 1. The average Bonchev–Trinajstić information content (AvgIpc) is 2.15. The Hall–Kier alpha value is -1.42. The van der Waals surface area contributed by atoms with Crippen LogP contribution in [0.3, 0.4) is 0 Å². The van der Waals surface area contributed by atoms with Crippen LogP contribution in [0.5, 0.6) is 0 Å². The minimum Gasteiger partial charge on any atom is -0.480 e. The van der Waals surface area contributed by atoms with Crippen LogP contribution < -0.4 is 5.32 Å². The first-order valence-corrected chi connectivity index (χ1v) is 4.35. The third-order valence-electron chi connectivity index (χ3n) is 1.78. The van der Waals surface area contributed by atoms with E-state index in [9.17, 15) is 9.18 Å². The van der Waals surface area contributed by atoms with E-state index in [1.54, 1.807) is 12.1 Å². The fourth-order valence-corrected chi connectivity index (χ4v) is 1.08. The van der Waals surface area contributed by atoms with E-state index in [2.05, 4.69) is 5.32 Å². The van der Waals surface area contributed by atoms with Crippen LogP contribution in [-0.2, 0) is 11.2 Å². The van der Waals surface area contributed by atoms with Crippen molar-refractivity contribution in [1.29, 1.82) is 0 Å². The molecule has 0 atom stereocenters. The van der Waals surface area contributed by atoms with Gasteiger partial charge in [0.15, 0.2) is 0 Å². The molecule has 1 aromatic carbocycles. The number of hydrogen-bond acceptors (Lipinski definition) is 2. The predicted octanol–water partition coefficient (Wildman–Crippen LogP) is 1.04. The van der Waals surface area contributed by atoms with E-state index < -0.39 is 5.97 Å². The number of aliphatic carboxylic acids is 1. The molecule has 4 heteroatoms. The van der Waals surface area contributed by atoms with E-state index in [0.29, 0.717) is 13.0 Å². The number of nitrogens with one attached hydrogen (secondary N) is 1. The number of rotatable bonds is 5. The highest BCUT2D eigenvalue weighted by atomic mass is 19.1. The first kappa shape index (κ1) is 10.7. The molecule has 1 aromatic rings. The highest BCUT2D eigenvalue weighted by Crippen LogP contribution is 2.02. The molecule has 2 N–H and O–H groups in total. The summed E-state index contributed by atoms with van der Waals surface area (Å²) in [5.41, 5.74) is 0.990. The van der Waals surface area contributed by atoms with Gasteiger partial charge in [0.05, 0.1) is 6.54 Å². The van der Waals surface area contributed by atoms with E-state index in [-0.39, 0.29) is 12.4 Å². The van der Waals surface area contributed by atoms with Gasteiger partial charge in [0.25, 0.3) is 0 Å². The zero-order valence-electron chi connectivity index (χ0n) is 7.66. The molecule has 3 nitrogen and oxygen atoms in total. The van der Waals surface area contributed by atoms with Crippen molar-refractivity contribution in [3.05, 3.63) is 35.6 Å². The van der Waals surface area contributed by atoms with Crippen molar-refractivity contribution in [2.75, 3.05) is 13.1 Å². The van der Waals surface area contributed by atoms with E-state index >= 15 is 0 Å². The summed E-state index contributed by atoms with van der Waals surface area (Å²) < 4.78 is 12.5. The maximum Gasteiger partial charge on any atom is 0.317 e. The molecule has 0 aromatic heterocycles. The second kappa shape index (κ2) is 5.34. The third kappa shape index (κ3) is 4.00. The first-order chi connectivity index (χ1) is 6.68. The summed E-state index contributed by atoms with van der Waals surface area (Å²) in [6.07, 6.45) is 0.702. The van der Waals surface area contributed by atoms with Gasteiger partial charge in [0, 0.05) is 0 Å². The van der Waals surface area contributed by atoms with Gasteiger partial charge in [-0.15, -0.1) is 0 Å². The highest BCUT2D eigenvalue weighted by Gasteiger charge is 1.96. The molecule has 0 aliphatic heterocycles. The Morgan fingerprint density at radius 1 is 1.36 bits per heavy atom. The van der Waals surface area contributed by atoms with Gasteiger partial charge in [-0.05, 0) is 30.7 Å². The van der Waals surface area contributed by atoms with Gasteiger partial charge in [-0.25, -0.2) is 4.39 Å². The molecule has 0 unspecified atom stereocenters. The Labute approximate surface area is 81.6 Å². The van der Waals surface area contributed by atoms with Crippen molar-refractivity contribution < 1.29 is 14.3 Å². The van der Waals surface area contributed by atoms with Gasteiger partial charge in [-0.3, -0.25) is 4.79 Å². The summed E-state index contributed by atoms with van der Waals surface area (Å²) in [7, 11) is 0. The van der Waals surface area contributed by atoms with Crippen LogP contribution in [0, 0.1) is 5.82 Å². The Kier molecular flexibility index (Phi) is 4.07. The Morgan fingerprint density at radius 3 is 2.57 bits per heavy atom. The molecule has 76 valence electrons. The lowest BCUT2D eigenvalue weighted by molar-refractivity contribution is -0.135. The highest BCUT2D eigenvalue weighted by molar-refractivity contribution is 5.68. The molecule has 0 saturated heterocycles. The largest absolute Gasteiger partial charge is 0.480 e. The fraction of sp³-hybridized carbons (Fsp3) is 0.300. The first-order valence-electron chi connectivity index (χ1n) is 4.35. The van der Waals surface area contributed by atoms with Gasteiger partial charge < -0.3 is 10.4 Å². The number of carbonyl (C=O) groups is 1. The molecule has 0 aliphatic rings. The number of benzene rings is 1. The Morgan fingerprint density at radius 2 is 2.00 bits per heavy atom. The molecule has 1 rings (SSSR count). The van der Waals surface area contributed by atoms with Crippen molar-refractivity contribution in [3.8, 4) is 0 Å². The summed E-state index contributed by atoms with van der Waals surface area (Å²) in [5, 5.41) is 11.1. The van der Waals surface area contributed by atoms with E-state index in [4.69, 9.17) is 5.11 Å². The Bertz CT molecular complexity index is 297. The zero-order chi connectivity index (χ0) is 10.4. The summed E-state index contributed by atoms with van der Waals surface area (Å²) in [4.78, 5) is 10.1. The van der Waals surface area contributed by atoms with Crippen molar-refractivity contribution in [1.82, 2.24) is 5.32 Å². The third-order valence-corrected chi connectivity index (χ3v) is 1.78. The smallest absolute Gasteiger partial charge is 0.317 e. The van der Waals surface area contributed by atoms with Crippen molar-refractivity contribution in [2.45, 2.75) is 6.42 Å². The lowest BCUT2D eigenvalue weighted by Gasteiger charge is -2.01. The fourth-order valence-electron chi connectivity index (χ4n) is 1.08. The van der Waals surface area contributed by atoms with Crippen LogP contribution in [0.2, 0.25) is 0 Å². The molecule has 0 spiro atoms. The van der Waals surface area contributed by atoms with E-state index in [1.807, 2.05) is 0 Å². The molecule has 14 heavy (non-hydrogen) atoms. The normalized spacial score (nSPS) is 10.1. The van der Waals surface area contributed by atoms with Crippen LogP contribution in [-0.4, -0.2) is 24.2 Å². The molecule has 0 radical (unpaired) electrons. The average molecular weight is 197 g/mol. The monoisotopic (exact) mass is 197 g/mol. The zero-order valence-corrected chi connectivity index (χ0v) is 7.66. The lowest BCUT2D eigenvalue weighted by Crippen LogP contribution is -2.24. The molecule has 0 heterocycles. The topological polar surface area (TPSA) is 49.3 Å². The number of carboxylic acids is 1. The minimum atomic E-state index is -0.871. The maximum atomic E-state index is 12.5. The van der Waals surface area contributed by atoms with Crippen LogP contribution in [0.1, 0.15) is 5.56 Å². The van der Waals surface area contributed by atoms with E-state index in [0.717, 1.165) is 5.56 Å². The van der Waals surface area contributed by atoms with Crippen molar-refractivity contribution in [3.63, 3.8) is 0 Å². The van der Waals surface area contributed by atoms with Gasteiger partial charge in [-0.1, -0.05) is 12.1 Å². The number of halogens is 1. The second-order valence-electron chi connectivity index (χ2n) is 2.95. The van der Waals surface area contributed by atoms with Crippen LogP contribution in [0.4, 0.5) is 4.39 Å². The van der Waals surface area contributed by atoms with Crippen molar-refractivity contribution >= 4 is 5.97 Å². The standard InChI is InChI=1S/C10H12FNO2/c11-9-3-1-8(2-4-9)5-6-12-7-10(13)14/h1-4,12H,5-7H2,(H,13,14). The van der Waals surface area contributed by atoms with Crippen LogP contribution in [0.15, 0.2) is 24.3 Å². The maximum absolute atomic E-state index is 12.5. The van der Waals surface area contributed by atoms with Gasteiger partial charge in [-0.2, -0.15) is 0 Å². The Balaban J connectivity index is 2.25. The predicted molar refractivity (Wildman–Crippen MR) is 50.6 cm³/mol. The summed E-state index contributed by atoms with van der Waals surface area (Å²) in [5.74, 6) is -1.13. The summed E-state index contributed by atoms with van der Waals surface area (Å²) >= 11 is 0. The molecule has 0 fully saturated rings. The lowest BCUT2D eigenvalue weighted by atomic mass is 10.1. The molecular formula is C10H12FNO2. The second-order valence-corrected chi connectivity index (χ2v) is 2.95. The summed E-state index contributed by atoms with van der Waals surface area (Å²) in [6.45, 7) is 0.541. The quantitative estimate of drug-likeness (QED) is 0.693. The molecule has 0 bridgehead atoms. The van der Waals surface area contributed by atoms with Crippen LogP contribution >= 0.6 is 0 Å². The number of hydrogen-bond donors (Lipinski definition) is 2. The van der Waals surface area contributed by atoms with Crippen molar-refractivity contribution in [2.24, 2.45) is 0 Å². The molecule has 0 aliphatic carbocycles. The molecule has 0 amide bonds. The molecular weight excluding hydrogens is 185 g/mol. The minimum absolute atomic E-state index is 0.0405. The van der Waals surface area contributed by atoms with Gasteiger partial charge >= 0.3 is 5.97 Å². The van der Waals surface area contributed by atoms with E-state index in [1.165, 1.54) is 12.1 Å². The van der Waals surface area contributed by atoms with Gasteiger partial charge in [0.1, 0.15) is 5.82 Å². The SMILES string of the molecule is O=C(O)CNCCc1ccc(F)cc1. The van der Waals surface area contributed by atoms with Gasteiger partial charge in [0.2, 0.25) is 0 Å².